The predicted molar refractivity (Wildman–Crippen MR) is 96.8 cm³/mol. The first-order valence-electron chi connectivity index (χ1n) is 9.12. The number of hydrogen-bond donors (Lipinski definition) is 0. The van der Waals surface area contributed by atoms with Crippen LogP contribution in [0.5, 0.6) is 5.75 Å². The maximum atomic E-state index is 12.9. The van der Waals surface area contributed by atoms with Gasteiger partial charge in [-0.05, 0) is 55.2 Å². The molecule has 6 unspecified atom stereocenters. The van der Waals surface area contributed by atoms with Gasteiger partial charge in [-0.2, -0.15) is 10.1 Å². The zero-order valence-electron chi connectivity index (χ0n) is 14.3. The van der Waals surface area contributed by atoms with Crippen molar-refractivity contribution >= 4 is 29.6 Å². The van der Waals surface area contributed by atoms with E-state index >= 15 is 0 Å². The Morgan fingerprint density at radius 3 is 2.46 bits per heavy atom. The highest BCUT2D eigenvalue weighted by Gasteiger charge is 2.67. The normalized spacial score (nSPS) is 36.6. The number of carbonyl (C=O) groups is 2. The molecule has 2 bridgehead atoms. The Kier molecular flexibility index (Phi) is 3.51. The smallest absolute Gasteiger partial charge is 0.254 e. The second-order valence-corrected chi connectivity index (χ2v) is 7.94. The number of amides is 2. The number of allylic oxidation sites excluding steroid dienone is 2. The third-order valence-corrected chi connectivity index (χ3v) is 6.46. The minimum atomic E-state index is -0.232. The lowest BCUT2D eigenvalue weighted by atomic mass is 9.63. The van der Waals surface area contributed by atoms with E-state index in [0.29, 0.717) is 34.8 Å². The van der Waals surface area contributed by atoms with Crippen molar-refractivity contribution in [3.63, 3.8) is 0 Å². The molecule has 1 aromatic carbocycles. The summed E-state index contributed by atoms with van der Waals surface area (Å²) in [5, 5.41) is 5.86. The first-order chi connectivity index (χ1) is 12.6. The molecule has 0 spiro atoms. The van der Waals surface area contributed by atoms with Crippen molar-refractivity contribution in [2.24, 2.45) is 40.6 Å². The molecule has 5 nitrogen and oxygen atoms in total. The van der Waals surface area contributed by atoms with Crippen molar-refractivity contribution in [3.8, 4) is 5.75 Å². The highest BCUT2D eigenvalue weighted by molar-refractivity contribution is 6.31. The molecular weight excluding hydrogens is 352 g/mol. The molecule has 26 heavy (non-hydrogen) atoms. The summed E-state index contributed by atoms with van der Waals surface area (Å²) in [7, 11) is 0. The molecule has 2 saturated carbocycles. The van der Waals surface area contributed by atoms with Crippen molar-refractivity contribution in [1.82, 2.24) is 5.01 Å². The highest BCUT2D eigenvalue weighted by atomic mass is 35.5. The van der Waals surface area contributed by atoms with E-state index in [9.17, 15) is 9.59 Å². The van der Waals surface area contributed by atoms with Crippen molar-refractivity contribution < 1.29 is 14.3 Å². The Balaban J connectivity index is 1.44. The lowest BCUT2D eigenvalue weighted by Gasteiger charge is -2.37. The molecule has 2 amide bonds. The van der Waals surface area contributed by atoms with E-state index in [4.69, 9.17) is 16.3 Å². The maximum Gasteiger partial charge on any atom is 0.254 e. The quantitative estimate of drug-likeness (QED) is 0.465. The summed E-state index contributed by atoms with van der Waals surface area (Å²) in [5.74, 6) is 1.41. The summed E-state index contributed by atoms with van der Waals surface area (Å²) in [4.78, 5) is 25.8. The highest BCUT2D eigenvalue weighted by Crippen LogP contribution is 2.65. The van der Waals surface area contributed by atoms with Crippen LogP contribution in [0.2, 0.25) is 5.02 Å². The molecule has 5 aliphatic rings. The Bertz CT molecular complexity index is 829. The SMILES string of the molecule is CCOc1ccc(Cl)cc1/C=N/N1C(=O)C2C3C=CC(C4CC34)C2C1=O. The molecule has 1 aromatic rings. The average molecular weight is 371 g/mol. The van der Waals surface area contributed by atoms with E-state index in [1.165, 1.54) is 6.21 Å². The second-order valence-electron chi connectivity index (χ2n) is 7.50. The van der Waals surface area contributed by atoms with Gasteiger partial charge in [-0.1, -0.05) is 23.8 Å². The number of hydrogen-bond acceptors (Lipinski definition) is 4. The molecule has 3 fully saturated rings. The zero-order valence-corrected chi connectivity index (χ0v) is 15.1. The molecular formula is C20H19ClN2O3. The molecule has 4 aliphatic carbocycles. The van der Waals surface area contributed by atoms with Crippen LogP contribution in [-0.4, -0.2) is 29.6 Å². The number of hydrazone groups is 1. The van der Waals surface area contributed by atoms with Gasteiger partial charge < -0.3 is 4.74 Å². The predicted octanol–water partition coefficient (Wildman–Crippen LogP) is 3.13. The second kappa shape index (κ2) is 5.68. The van der Waals surface area contributed by atoms with Crippen LogP contribution < -0.4 is 4.74 Å². The lowest BCUT2D eigenvalue weighted by molar-refractivity contribution is -0.140. The van der Waals surface area contributed by atoms with Crippen LogP contribution in [0.15, 0.2) is 35.5 Å². The monoisotopic (exact) mass is 370 g/mol. The largest absolute Gasteiger partial charge is 0.493 e. The van der Waals surface area contributed by atoms with Gasteiger partial charge in [0.25, 0.3) is 11.8 Å². The van der Waals surface area contributed by atoms with Gasteiger partial charge in [0.15, 0.2) is 0 Å². The van der Waals surface area contributed by atoms with Crippen LogP contribution in [0.3, 0.4) is 0 Å². The number of imide groups is 1. The Morgan fingerprint density at radius 2 is 1.85 bits per heavy atom. The topological polar surface area (TPSA) is 59.0 Å². The summed E-state index contributed by atoms with van der Waals surface area (Å²) in [5.41, 5.74) is 0.652. The summed E-state index contributed by atoms with van der Waals surface area (Å²) < 4.78 is 5.57. The van der Waals surface area contributed by atoms with Crippen molar-refractivity contribution in [1.29, 1.82) is 0 Å². The molecule has 0 radical (unpaired) electrons. The Hall–Kier alpha value is -2.14. The number of carbonyl (C=O) groups excluding carboxylic acids is 2. The van der Waals surface area contributed by atoms with E-state index in [0.717, 1.165) is 11.4 Å². The lowest BCUT2D eigenvalue weighted by Crippen LogP contribution is -2.40. The van der Waals surface area contributed by atoms with E-state index in [1.54, 1.807) is 18.2 Å². The molecule has 6 heteroatoms. The van der Waals surface area contributed by atoms with E-state index in [2.05, 4.69) is 17.3 Å². The van der Waals surface area contributed by atoms with Crippen molar-refractivity contribution in [2.45, 2.75) is 13.3 Å². The van der Waals surface area contributed by atoms with Crippen molar-refractivity contribution in [2.75, 3.05) is 6.61 Å². The fourth-order valence-corrected chi connectivity index (χ4v) is 5.26. The van der Waals surface area contributed by atoms with Gasteiger partial charge in [-0.15, -0.1) is 0 Å². The summed E-state index contributed by atoms with van der Waals surface area (Å²) >= 11 is 6.06. The van der Waals surface area contributed by atoms with Gasteiger partial charge in [0.1, 0.15) is 5.75 Å². The van der Waals surface area contributed by atoms with Gasteiger partial charge >= 0.3 is 0 Å². The van der Waals surface area contributed by atoms with Crippen LogP contribution in [-0.2, 0) is 9.59 Å². The van der Waals surface area contributed by atoms with Crippen LogP contribution in [0.1, 0.15) is 18.9 Å². The Morgan fingerprint density at radius 1 is 1.19 bits per heavy atom. The minimum Gasteiger partial charge on any atom is -0.493 e. The fraction of sp³-hybridized carbons (Fsp3) is 0.450. The first-order valence-corrected chi connectivity index (χ1v) is 9.50. The number of benzene rings is 1. The number of rotatable bonds is 4. The summed E-state index contributed by atoms with van der Waals surface area (Å²) in [6, 6.07) is 5.22. The maximum absolute atomic E-state index is 12.9. The van der Waals surface area contributed by atoms with Crippen LogP contribution >= 0.6 is 11.6 Å². The molecule has 1 saturated heterocycles. The number of nitrogens with zero attached hydrogens (tertiary/aromatic N) is 2. The standard InChI is InChI=1S/C20H19ClN2O3/c1-2-26-16-6-3-11(21)7-10(16)9-22-23-19(24)17-12-4-5-13(15-8-14(12)15)18(17)20(23)25/h3-7,9,12-15,17-18H,2,8H2,1H3/b22-9+. The molecule has 6 atom stereocenters. The number of ether oxygens (including phenoxy) is 1. The van der Waals surface area contributed by atoms with E-state index in [-0.39, 0.29) is 35.5 Å². The summed E-state index contributed by atoms with van der Waals surface area (Å²) in [6.07, 6.45) is 6.96. The molecule has 1 aliphatic heterocycles. The average Bonchev–Trinajstić information content (AvgIpc) is 3.41. The summed E-state index contributed by atoms with van der Waals surface area (Å²) in [6.45, 7) is 2.40. The van der Waals surface area contributed by atoms with Crippen LogP contribution in [0.25, 0.3) is 0 Å². The first kappa shape index (κ1) is 16.1. The van der Waals surface area contributed by atoms with Gasteiger partial charge in [0, 0.05) is 10.6 Å². The molecule has 0 N–H and O–H groups in total. The van der Waals surface area contributed by atoms with Gasteiger partial charge in [-0.3, -0.25) is 9.59 Å². The van der Waals surface area contributed by atoms with Gasteiger partial charge in [0.05, 0.1) is 24.7 Å². The molecule has 6 rings (SSSR count). The van der Waals surface area contributed by atoms with Gasteiger partial charge in [-0.25, -0.2) is 0 Å². The molecule has 0 aromatic heterocycles. The molecule has 1 heterocycles. The fourth-order valence-electron chi connectivity index (χ4n) is 5.08. The van der Waals surface area contributed by atoms with Crippen molar-refractivity contribution in [3.05, 3.63) is 40.9 Å². The minimum absolute atomic E-state index is 0.166. The molecule has 134 valence electrons. The Labute approximate surface area is 156 Å². The van der Waals surface area contributed by atoms with Crippen LogP contribution in [0, 0.1) is 35.5 Å². The van der Waals surface area contributed by atoms with Crippen LogP contribution in [0.4, 0.5) is 0 Å². The van der Waals surface area contributed by atoms with E-state index in [1.807, 2.05) is 6.92 Å². The third kappa shape index (κ3) is 2.19. The third-order valence-electron chi connectivity index (χ3n) is 6.22. The van der Waals surface area contributed by atoms with E-state index < -0.39 is 0 Å². The van der Waals surface area contributed by atoms with Gasteiger partial charge in [0.2, 0.25) is 0 Å². The zero-order chi connectivity index (χ0) is 18.0. The number of halogens is 1.